The summed E-state index contributed by atoms with van der Waals surface area (Å²) in [5.74, 6) is 0.210. The molecule has 2 N–H and O–H groups in total. The fourth-order valence-corrected chi connectivity index (χ4v) is 3.58. The number of halogens is 4. The fourth-order valence-electron chi connectivity index (χ4n) is 3.25. The van der Waals surface area contributed by atoms with Gasteiger partial charge < -0.3 is 10.6 Å². The first-order valence-corrected chi connectivity index (χ1v) is 10.7. The second-order valence-electron chi connectivity index (χ2n) is 7.38. The van der Waals surface area contributed by atoms with Crippen LogP contribution in [0.5, 0.6) is 0 Å². The molecule has 0 radical (unpaired) electrons. The Kier molecular flexibility index (Phi) is 6.42. The highest BCUT2D eigenvalue weighted by Crippen LogP contribution is 2.29. The molecule has 34 heavy (non-hydrogen) atoms. The van der Waals surface area contributed by atoms with Crippen molar-refractivity contribution in [1.29, 1.82) is 0 Å². The van der Waals surface area contributed by atoms with Crippen molar-refractivity contribution in [1.82, 2.24) is 29.8 Å². The molecule has 0 spiro atoms. The monoisotopic (exact) mass is 531 g/mol. The number of fused-ring (bicyclic) bond motifs is 1. The summed E-state index contributed by atoms with van der Waals surface area (Å²) in [5, 5.41) is 0.586. The third-order valence-corrected chi connectivity index (χ3v) is 5.70. The van der Waals surface area contributed by atoms with Crippen LogP contribution in [-0.4, -0.2) is 35.7 Å². The Morgan fingerprint density at radius 2 is 1.85 bits per heavy atom. The maximum Gasteiger partial charge on any atom is 0.417 e. The van der Waals surface area contributed by atoms with E-state index in [2.05, 4.69) is 40.8 Å². The van der Waals surface area contributed by atoms with Gasteiger partial charge in [0.2, 0.25) is 0 Å². The highest BCUT2D eigenvalue weighted by Gasteiger charge is 2.31. The van der Waals surface area contributed by atoms with E-state index in [0.717, 1.165) is 12.3 Å². The number of carbonyl (C=O) groups is 1. The Labute approximate surface area is 200 Å². The zero-order chi connectivity index (χ0) is 24.5. The molecular formula is C22H17BrF3N7O. The van der Waals surface area contributed by atoms with E-state index < -0.39 is 23.7 Å². The minimum absolute atomic E-state index is 0.0713. The molecule has 4 aromatic heterocycles. The van der Waals surface area contributed by atoms with Gasteiger partial charge in [-0.25, -0.2) is 19.9 Å². The van der Waals surface area contributed by atoms with Crippen LogP contribution in [0, 0.1) is 0 Å². The smallest absolute Gasteiger partial charge is 0.383 e. The number of nitrogens with two attached hydrogens (primary N) is 1. The van der Waals surface area contributed by atoms with Crippen molar-refractivity contribution in [2.75, 3.05) is 5.73 Å². The molecule has 4 aromatic rings. The minimum Gasteiger partial charge on any atom is -0.383 e. The Morgan fingerprint density at radius 1 is 1.12 bits per heavy atom. The number of hydrogen-bond acceptors (Lipinski definition) is 7. The lowest BCUT2D eigenvalue weighted by Crippen LogP contribution is -2.34. The van der Waals surface area contributed by atoms with Crippen LogP contribution in [0.15, 0.2) is 59.6 Å². The van der Waals surface area contributed by atoms with E-state index in [1.54, 1.807) is 37.5 Å². The molecule has 0 aromatic carbocycles. The van der Waals surface area contributed by atoms with Gasteiger partial charge in [-0.15, -0.1) is 0 Å². The molecule has 0 aliphatic carbocycles. The van der Waals surface area contributed by atoms with Crippen molar-refractivity contribution in [3.63, 3.8) is 0 Å². The molecule has 0 saturated heterocycles. The van der Waals surface area contributed by atoms with E-state index in [0.29, 0.717) is 21.3 Å². The topological polar surface area (TPSA) is 111 Å². The minimum atomic E-state index is -4.51. The highest BCUT2D eigenvalue weighted by molar-refractivity contribution is 9.10. The third-order valence-electron chi connectivity index (χ3n) is 5.07. The number of alkyl halides is 3. The summed E-state index contributed by atoms with van der Waals surface area (Å²) in [7, 11) is 0. The van der Waals surface area contributed by atoms with Crippen molar-refractivity contribution < 1.29 is 18.0 Å². The molecule has 4 rings (SSSR count). The van der Waals surface area contributed by atoms with Gasteiger partial charge in [0.25, 0.3) is 5.91 Å². The zero-order valence-electron chi connectivity index (χ0n) is 17.7. The average Bonchev–Trinajstić information content (AvgIpc) is 2.82. The first-order chi connectivity index (χ1) is 16.1. The van der Waals surface area contributed by atoms with Gasteiger partial charge in [-0.1, -0.05) is 0 Å². The van der Waals surface area contributed by atoms with Crippen molar-refractivity contribution >= 4 is 38.7 Å². The Morgan fingerprint density at radius 3 is 2.50 bits per heavy atom. The van der Waals surface area contributed by atoms with Gasteiger partial charge in [0, 0.05) is 30.2 Å². The summed E-state index contributed by atoms with van der Waals surface area (Å²) in [4.78, 5) is 35.7. The molecule has 0 bridgehead atoms. The molecule has 1 unspecified atom stereocenters. The van der Waals surface area contributed by atoms with Crippen LogP contribution in [0.1, 0.15) is 40.4 Å². The van der Waals surface area contributed by atoms with Crippen LogP contribution in [-0.2, 0) is 12.7 Å². The van der Waals surface area contributed by atoms with Crippen LogP contribution in [0.25, 0.3) is 11.0 Å². The van der Waals surface area contributed by atoms with Gasteiger partial charge in [0.1, 0.15) is 11.6 Å². The predicted octanol–water partition coefficient (Wildman–Crippen LogP) is 4.58. The molecule has 12 heteroatoms. The van der Waals surface area contributed by atoms with Gasteiger partial charge in [-0.05, 0) is 53.2 Å². The molecule has 174 valence electrons. The van der Waals surface area contributed by atoms with Crippen LogP contribution in [0.4, 0.5) is 19.0 Å². The maximum absolute atomic E-state index is 13.6. The average molecular weight is 532 g/mol. The summed E-state index contributed by atoms with van der Waals surface area (Å²) < 4.78 is 39.3. The Bertz CT molecular complexity index is 1330. The molecule has 0 fully saturated rings. The van der Waals surface area contributed by atoms with Crippen molar-refractivity contribution in [3.05, 3.63) is 82.2 Å². The molecule has 1 amide bonds. The molecule has 0 aliphatic rings. The number of nitrogens with zero attached hydrogens (tertiary/aromatic N) is 6. The zero-order valence-corrected chi connectivity index (χ0v) is 19.2. The number of nitrogen functional groups attached to an aromatic ring is 1. The summed E-state index contributed by atoms with van der Waals surface area (Å²) in [6, 6.07) is 6.53. The lowest BCUT2D eigenvalue weighted by molar-refractivity contribution is -0.137. The lowest BCUT2D eigenvalue weighted by atomic mass is 10.1. The van der Waals surface area contributed by atoms with E-state index in [4.69, 9.17) is 5.73 Å². The number of pyridine rings is 3. The van der Waals surface area contributed by atoms with Crippen molar-refractivity contribution in [2.24, 2.45) is 0 Å². The molecule has 0 saturated carbocycles. The second kappa shape index (κ2) is 9.29. The number of rotatable bonds is 5. The predicted molar refractivity (Wildman–Crippen MR) is 121 cm³/mol. The van der Waals surface area contributed by atoms with E-state index >= 15 is 0 Å². The van der Waals surface area contributed by atoms with E-state index in [1.807, 2.05) is 0 Å². The lowest BCUT2D eigenvalue weighted by Gasteiger charge is -2.28. The SMILES string of the molecule is CC(c1ncccn1)N(Cc1ccc(C(F)(F)F)cn1)C(=O)c1cnc2nc(N)c(Br)cc2c1. The van der Waals surface area contributed by atoms with E-state index in [9.17, 15) is 18.0 Å². The molecule has 0 aliphatic heterocycles. The van der Waals surface area contributed by atoms with Gasteiger partial charge in [-0.3, -0.25) is 9.78 Å². The van der Waals surface area contributed by atoms with Gasteiger partial charge in [0.05, 0.1) is 33.9 Å². The normalized spacial score (nSPS) is 12.5. The number of carbonyl (C=O) groups excluding carboxylic acids is 1. The number of hydrogen-bond donors (Lipinski definition) is 1. The summed E-state index contributed by atoms with van der Waals surface area (Å²) in [6.07, 6.45) is 0.699. The third kappa shape index (κ3) is 4.96. The first-order valence-electron chi connectivity index (χ1n) is 9.95. The Balaban J connectivity index is 1.70. The first kappa shape index (κ1) is 23.5. The van der Waals surface area contributed by atoms with E-state index in [1.165, 1.54) is 17.2 Å². The van der Waals surface area contributed by atoms with Crippen LogP contribution in [0.3, 0.4) is 0 Å². The van der Waals surface area contributed by atoms with Crippen LogP contribution >= 0.6 is 15.9 Å². The summed E-state index contributed by atoms with van der Waals surface area (Å²) in [5.41, 5.74) is 5.82. The largest absolute Gasteiger partial charge is 0.417 e. The molecular weight excluding hydrogens is 515 g/mol. The quantitative estimate of drug-likeness (QED) is 0.401. The maximum atomic E-state index is 13.6. The number of aromatic nitrogens is 5. The molecule has 4 heterocycles. The van der Waals surface area contributed by atoms with Crippen molar-refractivity contribution in [3.8, 4) is 0 Å². The number of anilines is 1. The van der Waals surface area contributed by atoms with Crippen LogP contribution < -0.4 is 5.73 Å². The van der Waals surface area contributed by atoms with Gasteiger partial charge >= 0.3 is 6.18 Å². The van der Waals surface area contributed by atoms with E-state index in [-0.39, 0.29) is 23.6 Å². The summed E-state index contributed by atoms with van der Waals surface area (Å²) in [6.45, 7) is 1.66. The second-order valence-corrected chi connectivity index (χ2v) is 8.23. The van der Waals surface area contributed by atoms with Crippen molar-refractivity contribution in [2.45, 2.75) is 25.7 Å². The van der Waals surface area contributed by atoms with Crippen LogP contribution in [0.2, 0.25) is 0 Å². The molecule has 1 atom stereocenters. The standard InChI is InChI=1S/C22H17BrF3N7O/c1-12(19-28-5-2-6-29-19)33(11-16-4-3-15(10-30-16)22(24,25)26)21(34)14-7-13-8-17(23)18(27)32-20(13)31-9-14/h2-10,12H,11H2,1H3,(H2,27,31,32). The Hall–Kier alpha value is -3.67. The fraction of sp³-hybridized carbons (Fsp3) is 0.182. The van der Waals surface area contributed by atoms with Gasteiger partial charge in [0.15, 0.2) is 5.65 Å². The number of amides is 1. The van der Waals surface area contributed by atoms with Gasteiger partial charge in [-0.2, -0.15) is 13.2 Å². The highest BCUT2D eigenvalue weighted by atomic mass is 79.9. The molecule has 8 nitrogen and oxygen atoms in total. The summed E-state index contributed by atoms with van der Waals surface area (Å²) >= 11 is 3.31.